The lowest BCUT2D eigenvalue weighted by atomic mass is 10.2. The second-order valence-electron chi connectivity index (χ2n) is 2.73. The van der Waals surface area contributed by atoms with Crippen molar-refractivity contribution in [3.05, 3.63) is 34.3 Å². The molecule has 0 amide bonds. The molecule has 0 aliphatic carbocycles. The van der Waals surface area contributed by atoms with Gasteiger partial charge in [0.15, 0.2) is 5.15 Å². The zero-order chi connectivity index (χ0) is 9.35. The first kappa shape index (κ1) is 10.4. The number of aryl methyl sites for hydroxylation is 1. The van der Waals surface area contributed by atoms with Crippen LogP contribution in [-0.2, 0) is 5.15 Å². The maximum Gasteiger partial charge on any atom is 0.160 e. The van der Waals surface area contributed by atoms with Crippen molar-refractivity contribution in [2.75, 3.05) is 0 Å². The molecule has 0 N–H and O–H groups in total. The summed E-state index contributed by atoms with van der Waals surface area (Å²) in [4.78, 5) is 0. The Labute approximate surface area is 81.3 Å². The molecule has 0 saturated heterocycles. The van der Waals surface area contributed by atoms with Gasteiger partial charge >= 0.3 is 0 Å². The summed E-state index contributed by atoms with van der Waals surface area (Å²) in [5, 5.41) is -0.878. The molecule has 0 aliphatic rings. The molecule has 0 nitrogen and oxygen atoms in total. The molecule has 0 spiro atoms. The van der Waals surface area contributed by atoms with Crippen molar-refractivity contribution in [2.45, 2.75) is 12.1 Å². The predicted octanol–water partition coefficient (Wildman–Crippen LogP) is 3.48. The molecule has 1 rings (SSSR count). The van der Waals surface area contributed by atoms with Gasteiger partial charge in [-0.05, 0) is 24.1 Å². The van der Waals surface area contributed by atoms with Gasteiger partial charge in [0.2, 0.25) is 0 Å². The summed E-state index contributed by atoms with van der Waals surface area (Å²) < 4.78 is 13.3. The Balaban J connectivity index is 3.14. The molecule has 0 aliphatic heterocycles. The van der Waals surface area contributed by atoms with Gasteiger partial charge in [0.1, 0.15) is 0 Å². The van der Waals surface area contributed by atoms with Crippen LogP contribution in [0.3, 0.4) is 0 Å². The molecule has 1 aromatic carbocycles. The Hall–Kier alpha value is 0.300. The zero-order valence-corrected chi connectivity index (χ0v) is 9.71. The Morgan fingerprint density at radius 3 is 2.42 bits per heavy atom. The highest BCUT2D eigenvalue weighted by Gasteiger charge is 2.19. The van der Waals surface area contributed by atoms with Gasteiger partial charge < -0.3 is 0 Å². The molecule has 0 radical (unpaired) electrons. The molecule has 0 saturated carbocycles. The van der Waals surface area contributed by atoms with E-state index in [1.54, 1.807) is 18.2 Å². The Bertz CT molecular complexity index is 294. The minimum Gasteiger partial charge on any atom is -0.230 e. The lowest BCUT2D eigenvalue weighted by Gasteiger charge is -2.14. The third kappa shape index (κ3) is 2.39. The van der Waals surface area contributed by atoms with Crippen LogP contribution in [0.1, 0.15) is 11.1 Å². The van der Waals surface area contributed by atoms with Crippen molar-refractivity contribution in [2.24, 2.45) is 0 Å². The minimum atomic E-state index is -1.47. The molecule has 0 aromatic heterocycles. The van der Waals surface area contributed by atoms with Crippen LogP contribution in [-0.4, -0.2) is 0 Å². The first-order valence-electron chi connectivity index (χ1n) is 3.44. The average molecular weight is 223 g/mol. The second-order valence-corrected chi connectivity index (χ2v) is 5.49. The SMILES string of the molecule is Cc1ccc(C(F)(P)P)cc1Cl. The van der Waals surface area contributed by atoms with Crippen molar-refractivity contribution in [3.8, 4) is 0 Å². The predicted molar refractivity (Wildman–Crippen MR) is 58.4 cm³/mol. The number of hydrogen-bond donors (Lipinski definition) is 0. The first-order valence-corrected chi connectivity index (χ1v) is 4.98. The van der Waals surface area contributed by atoms with Crippen LogP contribution in [0, 0.1) is 6.92 Å². The molecule has 1 aromatic rings. The van der Waals surface area contributed by atoms with Crippen LogP contribution in [0.5, 0.6) is 0 Å². The van der Waals surface area contributed by atoms with Crippen molar-refractivity contribution in [3.63, 3.8) is 0 Å². The maximum atomic E-state index is 13.3. The summed E-state index contributed by atoms with van der Waals surface area (Å²) in [6, 6.07) is 5.16. The lowest BCUT2D eigenvalue weighted by Crippen LogP contribution is -1.99. The topological polar surface area (TPSA) is 0 Å². The highest BCUT2D eigenvalue weighted by atomic mass is 35.5. The van der Waals surface area contributed by atoms with Gasteiger partial charge in [-0.15, -0.1) is 0 Å². The van der Waals surface area contributed by atoms with E-state index in [0.29, 0.717) is 10.6 Å². The van der Waals surface area contributed by atoms with E-state index in [1.165, 1.54) is 0 Å². The third-order valence-corrected chi connectivity index (χ3v) is 2.69. The molecule has 2 unspecified atom stereocenters. The Kier molecular flexibility index (Phi) is 3.10. The van der Waals surface area contributed by atoms with E-state index in [9.17, 15) is 4.39 Å². The normalized spacial score (nSPS) is 11.8. The van der Waals surface area contributed by atoms with Crippen LogP contribution >= 0.6 is 30.1 Å². The van der Waals surface area contributed by atoms with Gasteiger partial charge in [-0.2, -0.15) is 0 Å². The monoisotopic (exact) mass is 222 g/mol. The van der Waals surface area contributed by atoms with Crippen LogP contribution in [0.4, 0.5) is 4.39 Å². The highest BCUT2D eigenvalue weighted by Crippen LogP contribution is 2.40. The first-order chi connectivity index (χ1) is 5.41. The number of halogens is 2. The molecular weight excluding hydrogens is 212 g/mol. The fraction of sp³-hybridized carbons (Fsp3) is 0.250. The fourth-order valence-electron chi connectivity index (χ4n) is 0.831. The van der Waals surface area contributed by atoms with E-state index >= 15 is 0 Å². The number of hydrogen-bond acceptors (Lipinski definition) is 0. The number of benzene rings is 1. The van der Waals surface area contributed by atoms with E-state index in [-0.39, 0.29) is 0 Å². The molecule has 2 atom stereocenters. The van der Waals surface area contributed by atoms with Gasteiger partial charge in [-0.3, -0.25) is 0 Å². The highest BCUT2D eigenvalue weighted by molar-refractivity contribution is 7.38. The van der Waals surface area contributed by atoms with Gasteiger partial charge in [-0.1, -0.05) is 42.2 Å². The number of rotatable bonds is 1. The van der Waals surface area contributed by atoms with Crippen molar-refractivity contribution in [1.29, 1.82) is 0 Å². The Morgan fingerprint density at radius 2 is 2.00 bits per heavy atom. The fourth-order valence-corrected chi connectivity index (χ4v) is 1.37. The average Bonchev–Trinajstić information content (AvgIpc) is 1.92. The molecule has 4 heteroatoms. The molecule has 0 bridgehead atoms. The molecule has 12 heavy (non-hydrogen) atoms. The summed E-state index contributed by atoms with van der Waals surface area (Å²) in [7, 11) is 4.21. The minimum absolute atomic E-state index is 0.549. The van der Waals surface area contributed by atoms with Crippen LogP contribution in [0.25, 0.3) is 0 Å². The van der Waals surface area contributed by atoms with Crippen LogP contribution in [0.2, 0.25) is 5.02 Å². The van der Waals surface area contributed by atoms with E-state index < -0.39 is 5.15 Å². The third-order valence-electron chi connectivity index (χ3n) is 1.61. The standard InChI is InChI=1S/C8H10ClFP2/c1-5-2-3-6(4-7(5)9)8(10,11)12/h2-4H,11-12H2,1H3. The maximum absolute atomic E-state index is 13.3. The molecule has 0 heterocycles. The smallest absolute Gasteiger partial charge is 0.160 e. The van der Waals surface area contributed by atoms with Gasteiger partial charge in [0.25, 0.3) is 0 Å². The van der Waals surface area contributed by atoms with Gasteiger partial charge in [0, 0.05) is 5.02 Å². The summed E-state index contributed by atoms with van der Waals surface area (Å²) in [6.07, 6.45) is 0. The quantitative estimate of drug-likeness (QED) is 0.638. The zero-order valence-electron chi connectivity index (χ0n) is 6.64. The van der Waals surface area contributed by atoms with Crippen molar-refractivity contribution >= 4 is 30.1 Å². The van der Waals surface area contributed by atoms with E-state index in [2.05, 4.69) is 18.5 Å². The Morgan fingerprint density at radius 1 is 1.42 bits per heavy atom. The van der Waals surface area contributed by atoms with E-state index in [4.69, 9.17) is 11.6 Å². The van der Waals surface area contributed by atoms with Crippen molar-refractivity contribution in [1.82, 2.24) is 0 Å². The lowest BCUT2D eigenvalue weighted by molar-refractivity contribution is 0.423. The van der Waals surface area contributed by atoms with E-state index in [0.717, 1.165) is 5.56 Å². The van der Waals surface area contributed by atoms with Crippen molar-refractivity contribution < 1.29 is 4.39 Å². The molecule has 66 valence electrons. The molecule has 0 fully saturated rings. The number of alkyl halides is 1. The summed E-state index contributed by atoms with van der Waals surface area (Å²) in [6.45, 7) is 1.89. The molecular formula is C8H10ClFP2. The van der Waals surface area contributed by atoms with Gasteiger partial charge in [0.05, 0.1) is 0 Å². The largest absolute Gasteiger partial charge is 0.230 e. The van der Waals surface area contributed by atoms with Crippen LogP contribution < -0.4 is 0 Å². The summed E-state index contributed by atoms with van der Waals surface area (Å²) in [5.74, 6) is 0. The summed E-state index contributed by atoms with van der Waals surface area (Å²) >= 11 is 5.83. The second kappa shape index (κ2) is 3.58. The van der Waals surface area contributed by atoms with E-state index in [1.807, 2.05) is 6.92 Å². The van der Waals surface area contributed by atoms with Gasteiger partial charge in [-0.25, -0.2) is 4.39 Å². The summed E-state index contributed by atoms with van der Waals surface area (Å²) in [5.41, 5.74) is 1.51. The van der Waals surface area contributed by atoms with Crippen LogP contribution in [0.15, 0.2) is 18.2 Å².